The quantitative estimate of drug-likeness (QED) is 0.547. The van der Waals surface area contributed by atoms with E-state index in [2.05, 4.69) is 21.4 Å². The van der Waals surface area contributed by atoms with Crippen LogP contribution in [0.2, 0.25) is 0 Å². The summed E-state index contributed by atoms with van der Waals surface area (Å²) in [5.41, 5.74) is 4.06. The molecule has 0 aliphatic rings. The molecular weight excluding hydrogens is 404 g/mol. The largest absolute Gasteiger partial charge is 0.497 e. The fourth-order valence-corrected chi connectivity index (χ4v) is 4.49. The highest BCUT2D eigenvalue weighted by molar-refractivity contribution is 7.99. The molecule has 0 saturated heterocycles. The van der Waals surface area contributed by atoms with Gasteiger partial charge in [-0.2, -0.15) is 5.26 Å². The van der Waals surface area contributed by atoms with E-state index in [0.29, 0.717) is 27.9 Å². The Morgan fingerprint density at radius 3 is 2.90 bits per heavy atom. The molecule has 6 nitrogen and oxygen atoms in total. The molecule has 0 spiro atoms. The number of hydrogen-bond acceptors (Lipinski definition) is 7. The minimum absolute atomic E-state index is 0.119. The third-order valence-corrected chi connectivity index (χ3v) is 5.84. The number of hydrogen-bond donors (Lipinski definition) is 1. The molecule has 0 radical (unpaired) electrons. The third-order valence-electron chi connectivity index (χ3n) is 4.11. The number of methoxy groups -OCH3 is 1. The van der Waals surface area contributed by atoms with Gasteiger partial charge in [0.2, 0.25) is 5.91 Å². The van der Waals surface area contributed by atoms with E-state index >= 15 is 0 Å². The van der Waals surface area contributed by atoms with E-state index in [4.69, 9.17) is 4.74 Å². The zero-order chi connectivity index (χ0) is 20.8. The first kappa shape index (κ1) is 20.8. The van der Waals surface area contributed by atoms with E-state index < -0.39 is 0 Å². The lowest BCUT2D eigenvalue weighted by Gasteiger charge is -2.07. The number of aryl methyl sites for hydroxylation is 2. The van der Waals surface area contributed by atoms with E-state index in [0.717, 1.165) is 28.3 Å². The number of nitrogens with zero attached hydrogens (tertiary/aromatic N) is 3. The number of anilines is 1. The Balaban J connectivity index is 1.57. The van der Waals surface area contributed by atoms with Crippen molar-refractivity contribution in [3.63, 3.8) is 0 Å². The van der Waals surface area contributed by atoms with E-state index in [1.807, 2.05) is 49.6 Å². The molecule has 1 amide bonds. The predicted molar refractivity (Wildman–Crippen MR) is 116 cm³/mol. The number of thioether (sulfide) groups is 1. The minimum atomic E-state index is -0.119. The predicted octanol–water partition coefficient (Wildman–Crippen LogP) is 4.82. The molecule has 0 saturated carbocycles. The highest BCUT2D eigenvalue weighted by Crippen LogP contribution is 2.28. The number of pyridine rings is 1. The van der Waals surface area contributed by atoms with Gasteiger partial charge in [0.25, 0.3) is 0 Å². The molecule has 0 unspecified atom stereocenters. The van der Waals surface area contributed by atoms with Crippen LogP contribution in [0.25, 0.3) is 11.3 Å². The van der Waals surface area contributed by atoms with Gasteiger partial charge in [0, 0.05) is 28.8 Å². The lowest BCUT2D eigenvalue weighted by Crippen LogP contribution is -2.12. The van der Waals surface area contributed by atoms with Crippen molar-refractivity contribution in [2.75, 3.05) is 18.2 Å². The van der Waals surface area contributed by atoms with Gasteiger partial charge in [-0.05, 0) is 37.6 Å². The second-order valence-electron chi connectivity index (χ2n) is 6.29. The van der Waals surface area contributed by atoms with E-state index in [1.54, 1.807) is 7.11 Å². The van der Waals surface area contributed by atoms with Crippen LogP contribution in [0.1, 0.15) is 23.2 Å². The number of benzene rings is 1. The minimum Gasteiger partial charge on any atom is -0.497 e. The van der Waals surface area contributed by atoms with Crippen LogP contribution in [0, 0.1) is 25.2 Å². The first-order valence-corrected chi connectivity index (χ1v) is 10.8. The summed E-state index contributed by atoms with van der Waals surface area (Å²) in [6, 6.07) is 11.7. The normalized spacial score (nSPS) is 10.4. The lowest BCUT2D eigenvalue weighted by atomic mass is 10.1. The van der Waals surface area contributed by atoms with Gasteiger partial charge >= 0.3 is 0 Å². The molecule has 1 aromatic carbocycles. The Morgan fingerprint density at radius 1 is 1.31 bits per heavy atom. The van der Waals surface area contributed by atoms with Gasteiger partial charge in [0.15, 0.2) is 5.13 Å². The third kappa shape index (κ3) is 5.34. The zero-order valence-corrected chi connectivity index (χ0v) is 18.0. The number of ether oxygens (including phenoxy) is 1. The maximum atomic E-state index is 12.3. The number of rotatable bonds is 7. The molecule has 2 aromatic heterocycles. The van der Waals surface area contributed by atoms with Crippen molar-refractivity contribution in [3.05, 3.63) is 52.5 Å². The first-order chi connectivity index (χ1) is 14.0. The molecule has 148 valence electrons. The molecule has 3 aromatic rings. The number of nitrogens with one attached hydrogen (secondary N) is 1. The monoisotopic (exact) mass is 424 g/mol. The summed E-state index contributed by atoms with van der Waals surface area (Å²) in [5, 5.41) is 15.3. The summed E-state index contributed by atoms with van der Waals surface area (Å²) in [6.45, 7) is 3.79. The van der Waals surface area contributed by atoms with Gasteiger partial charge < -0.3 is 10.1 Å². The van der Waals surface area contributed by atoms with E-state index in [-0.39, 0.29) is 5.91 Å². The maximum Gasteiger partial charge on any atom is 0.226 e. The van der Waals surface area contributed by atoms with Crippen molar-refractivity contribution in [1.29, 1.82) is 5.26 Å². The highest BCUT2D eigenvalue weighted by atomic mass is 32.2. The molecule has 0 atom stereocenters. The first-order valence-electron chi connectivity index (χ1n) is 8.91. The van der Waals surface area contributed by atoms with Crippen LogP contribution in [0.3, 0.4) is 0 Å². The summed E-state index contributed by atoms with van der Waals surface area (Å²) in [4.78, 5) is 21.2. The average Bonchev–Trinajstić information content (AvgIpc) is 3.16. The van der Waals surface area contributed by atoms with Crippen LogP contribution in [0.5, 0.6) is 5.75 Å². The zero-order valence-electron chi connectivity index (χ0n) is 16.4. The van der Waals surface area contributed by atoms with Crippen molar-refractivity contribution in [3.8, 4) is 23.1 Å². The molecule has 0 aliphatic heterocycles. The van der Waals surface area contributed by atoms with Crippen LogP contribution >= 0.6 is 23.1 Å². The van der Waals surface area contributed by atoms with Crippen molar-refractivity contribution in [2.45, 2.75) is 25.3 Å². The molecule has 3 rings (SSSR count). The number of carbonyl (C=O) groups excluding carboxylic acids is 1. The van der Waals surface area contributed by atoms with Crippen molar-refractivity contribution < 1.29 is 9.53 Å². The highest BCUT2D eigenvalue weighted by Gasteiger charge is 2.12. The van der Waals surface area contributed by atoms with E-state index in [1.165, 1.54) is 23.1 Å². The molecule has 1 N–H and O–H groups in total. The summed E-state index contributed by atoms with van der Waals surface area (Å²) >= 11 is 2.80. The maximum absolute atomic E-state index is 12.3. The number of carbonyl (C=O) groups is 1. The van der Waals surface area contributed by atoms with Gasteiger partial charge in [-0.3, -0.25) is 4.79 Å². The molecule has 0 fully saturated rings. The molecule has 8 heteroatoms. The molecular formula is C21H20N4O2S2. The van der Waals surface area contributed by atoms with Crippen LogP contribution in [0.4, 0.5) is 5.13 Å². The lowest BCUT2D eigenvalue weighted by molar-refractivity contribution is -0.115. The van der Waals surface area contributed by atoms with E-state index in [9.17, 15) is 10.1 Å². The fraction of sp³-hybridized carbons (Fsp3) is 0.238. The Hall–Kier alpha value is -2.89. The summed E-state index contributed by atoms with van der Waals surface area (Å²) in [7, 11) is 1.62. The van der Waals surface area contributed by atoms with Crippen molar-refractivity contribution in [1.82, 2.24) is 9.97 Å². The number of amides is 1. The number of nitriles is 1. The van der Waals surface area contributed by atoms with Crippen LogP contribution < -0.4 is 10.1 Å². The molecule has 0 bridgehead atoms. The van der Waals surface area contributed by atoms with Crippen molar-refractivity contribution >= 4 is 34.1 Å². The number of aromatic nitrogens is 2. The molecule has 2 heterocycles. The second kappa shape index (κ2) is 9.54. The topological polar surface area (TPSA) is 87.9 Å². The summed E-state index contributed by atoms with van der Waals surface area (Å²) < 4.78 is 5.24. The standard InChI is InChI=1S/C21H20N4O2S2/c1-13-9-14(2)23-20(17(13)11-22)28-8-7-19(26)25-21-24-18(12-29-21)15-5-4-6-16(10-15)27-3/h4-6,9-10,12H,7-8H2,1-3H3,(H,24,25,26). The summed E-state index contributed by atoms with van der Waals surface area (Å²) in [6.07, 6.45) is 0.304. The Morgan fingerprint density at radius 2 is 2.14 bits per heavy atom. The summed E-state index contributed by atoms with van der Waals surface area (Å²) in [5.74, 6) is 1.17. The van der Waals surface area contributed by atoms with Crippen LogP contribution in [0.15, 0.2) is 40.7 Å². The van der Waals surface area contributed by atoms with Crippen LogP contribution in [-0.2, 0) is 4.79 Å². The molecule has 0 aliphatic carbocycles. The Kier molecular flexibility index (Phi) is 6.86. The van der Waals surface area contributed by atoms with Crippen molar-refractivity contribution in [2.24, 2.45) is 0 Å². The Bertz CT molecular complexity index is 1070. The fourth-order valence-electron chi connectivity index (χ4n) is 2.71. The Labute approximate surface area is 178 Å². The number of thiazole rings is 1. The van der Waals surface area contributed by atoms with Crippen LogP contribution in [-0.4, -0.2) is 28.7 Å². The molecule has 29 heavy (non-hydrogen) atoms. The van der Waals surface area contributed by atoms with Gasteiger partial charge in [0.1, 0.15) is 16.8 Å². The van der Waals surface area contributed by atoms with Gasteiger partial charge in [-0.25, -0.2) is 9.97 Å². The van der Waals surface area contributed by atoms with Gasteiger partial charge in [0.05, 0.1) is 18.4 Å². The smallest absolute Gasteiger partial charge is 0.226 e. The second-order valence-corrected chi connectivity index (χ2v) is 8.23. The van der Waals surface area contributed by atoms with Gasteiger partial charge in [-0.15, -0.1) is 23.1 Å². The van der Waals surface area contributed by atoms with Gasteiger partial charge in [-0.1, -0.05) is 12.1 Å². The average molecular weight is 425 g/mol. The SMILES string of the molecule is COc1cccc(-c2csc(NC(=O)CCSc3nc(C)cc(C)c3C#N)n2)c1.